The largest absolute Gasteiger partial charge is 0.423 e. The number of nitrogens with two attached hydrogens (primary N) is 1. The van der Waals surface area contributed by atoms with Gasteiger partial charge in [0.2, 0.25) is 18.2 Å². The van der Waals surface area contributed by atoms with Crippen LogP contribution in [0.25, 0.3) is 11.5 Å². The molecule has 6 nitrogen and oxygen atoms in total. The van der Waals surface area contributed by atoms with E-state index in [1.54, 1.807) is 0 Å². The lowest BCUT2D eigenvalue weighted by Crippen LogP contribution is -2.26. The first kappa shape index (κ1) is 14.2. The summed E-state index contributed by atoms with van der Waals surface area (Å²) in [6.45, 7) is 3.87. The fourth-order valence-corrected chi connectivity index (χ4v) is 1.82. The van der Waals surface area contributed by atoms with Gasteiger partial charge in [-0.2, -0.15) is 0 Å². The fourth-order valence-electron chi connectivity index (χ4n) is 1.82. The Bertz CT molecular complexity index is 581. The van der Waals surface area contributed by atoms with E-state index in [-0.39, 0.29) is 11.9 Å². The Labute approximate surface area is 117 Å². The van der Waals surface area contributed by atoms with E-state index in [4.69, 9.17) is 10.2 Å². The third-order valence-electron chi connectivity index (χ3n) is 3.08. The molecular weight excluding hydrogens is 256 g/mol. The number of aromatic nitrogens is 2. The van der Waals surface area contributed by atoms with E-state index < -0.39 is 0 Å². The van der Waals surface area contributed by atoms with Crippen molar-refractivity contribution in [3.05, 3.63) is 30.2 Å². The minimum atomic E-state index is -0.104. The van der Waals surface area contributed by atoms with Gasteiger partial charge >= 0.3 is 0 Å². The summed E-state index contributed by atoms with van der Waals surface area (Å²) in [5.74, 6) is 0.381. The zero-order chi connectivity index (χ0) is 14.5. The van der Waals surface area contributed by atoms with Gasteiger partial charge in [-0.1, -0.05) is 6.92 Å². The molecule has 0 saturated heterocycles. The molecule has 2 aromatic rings. The van der Waals surface area contributed by atoms with Crippen molar-refractivity contribution in [1.29, 1.82) is 0 Å². The zero-order valence-corrected chi connectivity index (χ0v) is 11.6. The quantitative estimate of drug-likeness (QED) is 0.870. The van der Waals surface area contributed by atoms with Crippen LogP contribution in [-0.2, 0) is 4.79 Å². The minimum Gasteiger partial charge on any atom is -0.423 e. The van der Waals surface area contributed by atoms with Crippen molar-refractivity contribution in [1.82, 2.24) is 10.2 Å². The molecule has 3 N–H and O–H groups in total. The molecule has 0 fully saturated rings. The van der Waals surface area contributed by atoms with Crippen LogP contribution in [0.1, 0.15) is 25.3 Å². The van der Waals surface area contributed by atoms with Gasteiger partial charge in [-0.3, -0.25) is 4.79 Å². The van der Waals surface area contributed by atoms with Crippen molar-refractivity contribution >= 4 is 11.6 Å². The van der Waals surface area contributed by atoms with Crippen LogP contribution >= 0.6 is 0 Å². The van der Waals surface area contributed by atoms with Crippen LogP contribution in [0.2, 0.25) is 0 Å². The van der Waals surface area contributed by atoms with Gasteiger partial charge in [-0.15, -0.1) is 10.2 Å². The minimum absolute atomic E-state index is 0.0759. The van der Waals surface area contributed by atoms with E-state index in [1.165, 1.54) is 6.39 Å². The van der Waals surface area contributed by atoms with Crippen LogP contribution < -0.4 is 11.1 Å². The lowest BCUT2D eigenvalue weighted by Gasteiger charge is -2.11. The number of hydrogen-bond donors (Lipinski definition) is 2. The van der Waals surface area contributed by atoms with Gasteiger partial charge in [0.05, 0.1) is 0 Å². The third-order valence-corrected chi connectivity index (χ3v) is 3.08. The number of nitrogens with one attached hydrogen (secondary N) is 1. The maximum atomic E-state index is 11.8. The summed E-state index contributed by atoms with van der Waals surface area (Å²) in [4.78, 5) is 11.8. The normalized spacial score (nSPS) is 12.2. The van der Waals surface area contributed by atoms with Gasteiger partial charge in [0.25, 0.3) is 0 Å². The number of benzene rings is 1. The second-order valence-electron chi connectivity index (χ2n) is 4.69. The summed E-state index contributed by atoms with van der Waals surface area (Å²) in [6, 6.07) is 5.44. The van der Waals surface area contributed by atoms with Crippen LogP contribution in [0.3, 0.4) is 0 Å². The summed E-state index contributed by atoms with van der Waals surface area (Å²) in [7, 11) is 0. The molecule has 1 atom stereocenters. The Balaban J connectivity index is 2.08. The summed E-state index contributed by atoms with van der Waals surface area (Å²) in [6.07, 6.45) is 2.39. The number of hydrogen-bond acceptors (Lipinski definition) is 5. The molecule has 1 heterocycles. The zero-order valence-electron chi connectivity index (χ0n) is 11.6. The number of aryl methyl sites for hydroxylation is 1. The van der Waals surface area contributed by atoms with Gasteiger partial charge in [0.15, 0.2) is 0 Å². The van der Waals surface area contributed by atoms with Crippen molar-refractivity contribution in [2.45, 2.75) is 32.7 Å². The number of carbonyl (C=O) groups excluding carboxylic acids is 1. The van der Waals surface area contributed by atoms with Gasteiger partial charge < -0.3 is 15.5 Å². The maximum Gasteiger partial charge on any atom is 0.247 e. The Hall–Kier alpha value is -2.21. The third kappa shape index (κ3) is 3.42. The monoisotopic (exact) mass is 274 g/mol. The molecule has 106 valence electrons. The van der Waals surface area contributed by atoms with Crippen molar-refractivity contribution in [2.75, 3.05) is 5.32 Å². The predicted octanol–water partition coefficient (Wildman–Crippen LogP) is 2.11. The Morgan fingerprint density at radius 3 is 2.90 bits per heavy atom. The number of nitrogens with zero attached hydrogens (tertiary/aromatic N) is 2. The highest BCUT2D eigenvalue weighted by molar-refractivity contribution is 5.92. The van der Waals surface area contributed by atoms with Crippen LogP contribution in [-0.4, -0.2) is 22.1 Å². The molecule has 0 radical (unpaired) electrons. The molecule has 1 amide bonds. The van der Waals surface area contributed by atoms with Gasteiger partial charge in [0.1, 0.15) is 0 Å². The first-order valence-electron chi connectivity index (χ1n) is 6.52. The maximum absolute atomic E-state index is 11.8. The van der Waals surface area contributed by atoms with Crippen LogP contribution in [0.15, 0.2) is 29.0 Å². The summed E-state index contributed by atoms with van der Waals surface area (Å²) in [5, 5.41) is 10.4. The molecule has 0 aliphatic carbocycles. The molecule has 1 unspecified atom stereocenters. The molecule has 1 aromatic carbocycles. The lowest BCUT2D eigenvalue weighted by molar-refractivity contribution is -0.116. The molecule has 0 spiro atoms. The molecule has 20 heavy (non-hydrogen) atoms. The molecule has 1 aromatic heterocycles. The predicted molar refractivity (Wildman–Crippen MR) is 76.0 cm³/mol. The average Bonchev–Trinajstić information content (AvgIpc) is 2.94. The second kappa shape index (κ2) is 6.29. The van der Waals surface area contributed by atoms with Crippen molar-refractivity contribution in [3.8, 4) is 11.5 Å². The molecule has 0 aliphatic rings. The van der Waals surface area contributed by atoms with E-state index >= 15 is 0 Å². The molecule has 6 heteroatoms. The van der Waals surface area contributed by atoms with Crippen molar-refractivity contribution < 1.29 is 9.21 Å². The summed E-state index contributed by atoms with van der Waals surface area (Å²) >= 11 is 0. The number of rotatable bonds is 5. The van der Waals surface area contributed by atoms with E-state index in [9.17, 15) is 4.79 Å². The van der Waals surface area contributed by atoms with Crippen LogP contribution in [0.5, 0.6) is 0 Å². The lowest BCUT2D eigenvalue weighted by atomic mass is 10.1. The number of carbonyl (C=O) groups is 1. The highest BCUT2D eigenvalue weighted by atomic mass is 16.4. The van der Waals surface area contributed by atoms with Gasteiger partial charge in [0, 0.05) is 23.7 Å². The first-order valence-corrected chi connectivity index (χ1v) is 6.52. The Morgan fingerprint density at radius 2 is 2.30 bits per heavy atom. The molecule has 0 aliphatic heterocycles. The van der Waals surface area contributed by atoms with Crippen LogP contribution in [0, 0.1) is 6.92 Å². The smallest absolute Gasteiger partial charge is 0.247 e. The van der Waals surface area contributed by atoms with Crippen LogP contribution in [0.4, 0.5) is 5.69 Å². The van der Waals surface area contributed by atoms with Crippen molar-refractivity contribution in [3.63, 3.8) is 0 Å². The highest BCUT2D eigenvalue weighted by Crippen LogP contribution is 2.23. The average molecular weight is 274 g/mol. The van der Waals surface area contributed by atoms with E-state index in [0.29, 0.717) is 12.3 Å². The standard InChI is InChI=1S/C14H18N4O2/c1-3-11(15)7-13(19)17-12-5-4-10(6-9(12)2)14-18-16-8-20-14/h4-6,8,11H,3,7,15H2,1-2H3,(H,17,19). The van der Waals surface area contributed by atoms with E-state index in [0.717, 1.165) is 23.2 Å². The number of amides is 1. The second-order valence-corrected chi connectivity index (χ2v) is 4.69. The fraction of sp³-hybridized carbons (Fsp3) is 0.357. The summed E-state index contributed by atoms with van der Waals surface area (Å²) in [5.41, 5.74) is 8.28. The molecular formula is C14H18N4O2. The van der Waals surface area contributed by atoms with Gasteiger partial charge in [-0.25, -0.2) is 0 Å². The topological polar surface area (TPSA) is 94.0 Å². The van der Waals surface area contributed by atoms with E-state index in [1.807, 2.05) is 32.0 Å². The SMILES string of the molecule is CCC(N)CC(=O)Nc1ccc(-c2nnco2)cc1C. The Kier molecular flexibility index (Phi) is 4.47. The van der Waals surface area contributed by atoms with Gasteiger partial charge in [-0.05, 0) is 37.1 Å². The highest BCUT2D eigenvalue weighted by Gasteiger charge is 2.11. The number of anilines is 1. The summed E-state index contributed by atoms with van der Waals surface area (Å²) < 4.78 is 5.14. The molecule has 0 bridgehead atoms. The molecule has 0 saturated carbocycles. The van der Waals surface area contributed by atoms with E-state index in [2.05, 4.69) is 15.5 Å². The molecule has 2 rings (SSSR count). The Morgan fingerprint density at radius 1 is 1.50 bits per heavy atom. The first-order chi connectivity index (χ1) is 9.60. The van der Waals surface area contributed by atoms with Crippen molar-refractivity contribution in [2.24, 2.45) is 5.73 Å².